The van der Waals surface area contributed by atoms with Gasteiger partial charge in [-0.3, -0.25) is 9.97 Å². The van der Waals surface area contributed by atoms with Gasteiger partial charge in [0.05, 0.1) is 22.4 Å². The molecular formula is C50H32N4. The van der Waals surface area contributed by atoms with Crippen LogP contribution in [0.5, 0.6) is 0 Å². The van der Waals surface area contributed by atoms with Gasteiger partial charge >= 0.3 is 0 Å². The summed E-state index contributed by atoms with van der Waals surface area (Å²) in [6.45, 7) is 0. The Morgan fingerprint density at radius 1 is 0.241 bits per heavy atom. The molecule has 10 rings (SSSR count). The van der Waals surface area contributed by atoms with E-state index in [1.807, 2.05) is 73.3 Å². The third-order valence-corrected chi connectivity index (χ3v) is 10.3. The van der Waals surface area contributed by atoms with Gasteiger partial charge in [0.2, 0.25) is 0 Å². The molecule has 0 bridgehead atoms. The maximum absolute atomic E-state index is 5.37. The van der Waals surface area contributed by atoms with Crippen molar-refractivity contribution in [1.82, 2.24) is 19.9 Å². The van der Waals surface area contributed by atoms with E-state index in [4.69, 9.17) is 9.97 Å². The van der Waals surface area contributed by atoms with Crippen molar-refractivity contribution in [2.45, 2.75) is 0 Å². The molecule has 252 valence electrons. The van der Waals surface area contributed by atoms with E-state index in [1.165, 1.54) is 33.0 Å². The van der Waals surface area contributed by atoms with E-state index in [9.17, 15) is 0 Å². The smallest absolute Gasteiger partial charge is 0.0979 e. The molecule has 54 heavy (non-hydrogen) atoms. The number of nitrogens with zero attached hydrogens (tertiary/aromatic N) is 4. The lowest BCUT2D eigenvalue weighted by molar-refractivity contribution is 1.30. The molecule has 0 aliphatic rings. The average molecular weight is 689 g/mol. The molecule has 0 amide bonds. The number of rotatable bonds is 6. The quantitative estimate of drug-likeness (QED) is 0.174. The van der Waals surface area contributed by atoms with E-state index in [2.05, 4.69) is 131 Å². The first-order chi connectivity index (χ1) is 26.8. The number of hydrogen-bond donors (Lipinski definition) is 0. The lowest BCUT2D eigenvalue weighted by Gasteiger charge is -2.16. The van der Waals surface area contributed by atoms with Gasteiger partial charge in [0.25, 0.3) is 0 Å². The van der Waals surface area contributed by atoms with Crippen LogP contribution in [-0.4, -0.2) is 19.9 Å². The topological polar surface area (TPSA) is 51.6 Å². The first-order valence-electron chi connectivity index (χ1n) is 18.1. The molecule has 0 fully saturated rings. The number of para-hydroxylation sites is 2. The standard InChI is InChI=1S/C50H32N4/c1-2-16-48-47(15-1)53-49(45-13-5-9-41-39(7-3-11-43(41)45)37-21-17-33(18-22-37)35-25-29-51-30-26-35)50(54-48)46-14-6-10-42-40(8-4-12-44(42)46)38-23-19-34(20-24-38)36-27-31-52-32-28-36/h1-32H. The molecule has 0 N–H and O–H groups in total. The average Bonchev–Trinajstić information content (AvgIpc) is 3.26. The molecule has 4 nitrogen and oxygen atoms in total. The molecule has 4 heteroatoms. The largest absolute Gasteiger partial charge is 0.265 e. The van der Waals surface area contributed by atoms with Gasteiger partial charge < -0.3 is 0 Å². The molecule has 0 saturated heterocycles. The Morgan fingerprint density at radius 2 is 0.556 bits per heavy atom. The second-order valence-electron chi connectivity index (χ2n) is 13.4. The Kier molecular flexibility index (Phi) is 7.77. The number of pyridine rings is 2. The van der Waals surface area contributed by atoms with Crippen molar-refractivity contribution in [3.05, 3.63) is 195 Å². The first kappa shape index (κ1) is 31.4. The van der Waals surface area contributed by atoms with Crippen molar-refractivity contribution in [2.75, 3.05) is 0 Å². The summed E-state index contributed by atoms with van der Waals surface area (Å²) in [4.78, 5) is 19.1. The number of aromatic nitrogens is 4. The van der Waals surface area contributed by atoms with Crippen LogP contribution in [0.1, 0.15) is 0 Å². The van der Waals surface area contributed by atoms with Crippen LogP contribution in [0.3, 0.4) is 0 Å². The summed E-state index contributed by atoms with van der Waals surface area (Å²) in [5.74, 6) is 0. The molecule has 0 aliphatic heterocycles. The van der Waals surface area contributed by atoms with Crippen LogP contribution in [0.2, 0.25) is 0 Å². The van der Waals surface area contributed by atoms with E-state index in [0.29, 0.717) is 0 Å². The molecule has 0 atom stereocenters. The summed E-state index contributed by atoms with van der Waals surface area (Å²) in [5, 5.41) is 4.61. The summed E-state index contributed by atoms with van der Waals surface area (Å²) < 4.78 is 0. The fraction of sp³-hybridized carbons (Fsp3) is 0. The number of hydrogen-bond acceptors (Lipinski definition) is 4. The molecule has 3 heterocycles. The zero-order chi connectivity index (χ0) is 35.8. The minimum atomic E-state index is 0.865. The maximum atomic E-state index is 5.37. The van der Waals surface area contributed by atoms with Gasteiger partial charge in [-0.25, -0.2) is 9.97 Å². The molecule has 0 unspecified atom stereocenters. The Balaban J connectivity index is 1.12. The second-order valence-corrected chi connectivity index (χ2v) is 13.4. The van der Waals surface area contributed by atoms with Crippen molar-refractivity contribution in [3.8, 4) is 67.0 Å². The van der Waals surface area contributed by atoms with E-state index in [-0.39, 0.29) is 0 Å². The monoisotopic (exact) mass is 688 g/mol. The van der Waals surface area contributed by atoms with Crippen LogP contribution in [0.4, 0.5) is 0 Å². The Hall–Kier alpha value is -7.30. The molecule has 0 saturated carbocycles. The first-order valence-corrected chi connectivity index (χ1v) is 18.1. The van der Waals surface area contributed by atoms with Crippen LogP contribution >= 0.6 is 0 Å². The van der Waals surface area contributed by atoms with E-state index < -0.39 is 0 Å². The van der Waals surface area contributed by atoms with E-state index >= 15 is 0 Å². The minimum Gasteiger partial charge on any atom is -0.265 e. The molecule has 10 aromatic rings. The lowest BCUT2D eigenvalue weighted by atomic mass is 9.90. The zero-order valence-electron chi connectivity index (χ0n) is 29.3. The van der Waals surface area contributed by atoms with Crippen molar-refractivity contribution in [2.24, 2.45) is 0 Å². The highest BCUT2D eigenvalue weighted by molar-refractivity contribution is 6.09. The second kappa shape index (κ2) is 13.4. The van der Waals surface area contributed by atoms with Gasteiger partial charge in [-0.05, 0) is 102 Å². The van der Waals surface area contributed by atoms with Gasteiger partial charge in [0.15, 0.2) is 0 Å². The lowest BCUT2D eigenvalue weighted by Crippen LogP contribution is -1.97. The molecule has 3 aromatic heterocycles. The highest BCUT2D eigenvalue weighted by Crippen LogP contribution is 2.42. The normalized spacial score (nSPS) is 11.3. The fourth-order valence-electron chi connectivity index (χ4n) is 7.69. The van der Waals surface area contributed by atoms with Crippen molar-refractivity contribution in [3.63, 3.8) is 0 Å². The number of benzene rings is 7. The van der Waals surface area contributed by atoms with Crippen LogP contribution < -0.4 is 0 Å². The van der Waals surface area contributed by atoms with Crippen molar-refractivity contribution >= 4 is 32.6 Å². The summed E-state index contributed by atoms with van der Waals surface area (Å²) in [6, 6.07) is 60.1. The van der Waals surface area contributed by atoms with E-state index in [0.717, 1.165) is 66.6 Å². The Labute approximate surface area is 313 Å². The molecule has 7 aromatic carbocycles. The Morgan fingerprint density at radius 3 is 0.944 bits per heavy atom. The summed E-state index contributed by atoms with van der Waals surface area (Å²) in [5.41, 5.74) is 14.9. The fourth-order valence-corrected chi connectivity index (χ4v) is 7.69. The van der Waals surface area contributed by atoms with Gasteiger partial charge in [-0.15, -0.1) is 0 Å². The summed E-state index contributed by atoms with van der Waals surface area (Å²) >= 11 is 0. The van der Waals surface area contributed by atoms with Gasteiger partial charge in [-0.1, -0.05) is 133 Å². The summed E-state index contributed by atoms with van der Waals surface area (Å²) in [7, 11) is 0. The highest BCUT2D eigenvalue weighted by atomic mass is 14.8. The Bertz CT molecular complexity index is 2750. The van der Waals surface area contributed by atoms with Gasteiger partial charge in [0.1, 0.15) is 0 Å². The zero-order valence-corrected chi connectivity index (χ0v) is 29.3. The van der Waals surface area contributed by atoms with E-state index in [1.54, 1.807) is 0 Å². The van der Waals surface area contributed by atoms with Crippen LogP contribution in [0, 0.1) is 0 Å². The van der Waals surface area contributed by atoms with Gasteiger partial charge in [0, 0.05) is 35.9 Å². The molecule has 0 radical (unpaired) electrons. The van der Waals surface area contributed by atoms with Crippen molar-refractivity contribution < 1.29 is 0 Å². The predicted molar refractivity (Wildman–Crippen MR) is 223 cm³/mol. The van der Waals surface area contributed by atoms with Gasteiger partial charge in [-0.2, -0.15) is 0 Å². The molecular weight excluding hydrogens is 657 g/mol. The van der Waals surface area contributed by atoms with Crippen molar-refractivity contribution in [1.29, 1.82) is 0 Å². The van der Waals surface area contributed by atoms with Crippen LogP contribution in [0.25, 0.3) is 99.6 Å². The maximum Gasteiger partial charge on any atom is 0.0979 e. The van der Waals surface area contributed by atoms with Crippen LogP contribution in [0.15, 0.2) is 195 Å². The predicted octanol–water partition coefficient (Wildman–Crippen LogP) is 12.7. The minimum absolute atomic E-state index is 0.865. The number of fused-ring (bicyclic) bond motifs is 3. The SMILES string of the molecule is c1ccc2nc(-c3cccc4c(-c5ccc(-c6ccncc6)cc5)cccc34)c(-c3cccc4c(-c5ccc(-c6ccncc6)cc5)cccc34)nc2c1. The van der Waals surface area contributed by atoms with Crippen LogP contribution in [-0.2, 0) is 0 Å². The highest BCUT2D eigenvalue weighted by Gasteiger charge is 2.19. The molecule has 0 spiro atoms. The summed E-state index contributed by atoms with van der Waals surface area (Å²) in [6.07, 6.45) is 7.33. The molecule has 0 aliphatic carbocycles. The third-order valence-electron chi connectivity index (χ3n) is 10.3. The third kappa shape index (κ3) is 5.58.